The van der Waals surface area contributed by atoms with E-state index in [0.29, 0.717) is 22.0 Å². The van der Waals surface area contributed by atoms with Gasteiger partial charge in [0.2, 0.25) is 10.0 Å². The monoisotopic (exact) mass is 505 g/mol. The molecular weight excluding hydrogens is 482 g/mol. The fourth-order valence-electron chi connectivity index (χ4n) is 3.58. The van der Waals surface area contributed by atoms with Crippen molar-refractivity contribution in [1.29, 1.82) is 0 Å². The zero-order valence-corrected chi connectivity index (χ0v) is 20.6. The first kappa shape index (κ1) is 24.4. The average Bonchev–Trinajstić information content (AvgIpc) is 2.85. The Hall–Kier alpha value is -3.68. The summed E-state index contributed by atoms with van der Waals surface area (Å²) in [7, 11) is -3.51. The highest BCUT2D eigenvalue weighted by Crippen LogP contribution is 2.23. The molecule has 4 aromatic rings. The number of anilines is 2. The van der Waals surface area contributed by atoms with Gasteiger partial charge >= 0.3 is 0 Å². The van der Waals surface area contributed by atoms with Crippen LogP contribution in [0.2, 0.25) is 5.02 Å². The summed E-state index contributed by atoms with van der Waals surface area (Å²) < 4.78 is 26.0. The molecule has 1 N–H and O–H groups in total. The fraction of sp³-hybridized carbons (Fsp3) is 0.111. The molecule has 0 radical (unpaired) electrons. The van der Waals surface area contributed by atoms with Crippen LogP contribution in [0.4, 0.5) is 11.4 Å². The van der Waals surface area contributed by atoms with Gasteiger partial charge in [0.05, 0.1) is 18.5 Å². The van der Waals surface area contributed by atoms with E-state index in [0.717, 1.165) is 23.8 Å². The lowest BCUT2D eigenvalue weighted by molar-refractivity contribution is 0.102. The molecule has 4 rings (SSSR count). The van der Waals surface area contributed by atoms with Crippen LogP contribution in [0.3, 0.4) is 0 Å². The molecule has 35 heavy (non-hydrogen) atoms. The molecule has 1 amide bonds. The van der Waals surface area contributed by atoms with Gasteiger partial charge in [0.1, 0.15) is 0 Å². The number of hydrogen-bond donors (Lipinski definition) is 1. The molecule has 178 valence electrons. The first-order valence-corrected chi connectivity index (χ1v) is 13.1. The molecule has 1 heterocycles. The van der Waals surface area contributed by atoms with E-state index in [1.807, 2.05) is 36.4 Å². The third kappa shape index (κ3) is 6.68. The minimum Gasteiger partial charge on any atom is -0.322 e. The highest BCUT2D eigenvalue weighted by Gasteiger charge is 2.18. The summed E-state index contributed by atoms with van der Waals surface area (Å²) in [6, 6.07) is 25.2. The third-order valence-corrected chi connectivity index (χ3v) is 6.82. The summed E-state index contributed by atoms with van der Waals surface area (Å²) in [6.07, 6.45) is 5.49. The van der Waals surface area contributed by atoms with E-state index in [-0.39, 0.29) is 12.5 Å². The van der Waals surface area contributed by atoms with Gasteiger partial charge in [-0.2, -0.15) is 0 Å². The number of nitrogens with one attached hydrogen (secondary N) is 1. The van der Waals surface area contributed by atoms with E-state index in [1.54, 1.807) is 60.9 Å². The van der Waals surface area contributed by atoms with Gasteiger partial charge in [-0.05, 0) is 83.8 Å². The number of aromatic nitrogens is 1. The van der Waals surface area contributed by atoms with Crippen molar-refractivity contribution in [3.63, 3.8) is 0 Å². The lowest BCUT2D eigenvalue weighted by Crippen LogP contribution is -2.29. The first-order valence-electron chi connectivity index (χ1n) is 10.9. The number of amides is 1. The topological polar surface area (TPSA) is 79.4 Å². The van der Waals surface area contributed by atoms with E-state index >= 15 is 0 Å². The summed E-state index contributed by atoms with van der Waals surface area (Å²) in [5, 5.41) is 3.43. The zero-order valence-electron chi connectivity index (χ0n) is 19.1. The predicted octanol–water partition coefficient (Wildman–Crippen LogP) is 5.54. The van der Waals surface area contributed by atoms with Crippen LogP contribution in [0.15, 0.2) is 97.3 Å². The van der Waals surface area contributed by atoms with Crippen molar-refractivity contribution in [1.82, 2.24) is 4.98 Å². The number of halogens is 1. The molecule has 0 unspecified atom stereocenters. The molecule has 1 aromatic heterocycles. The normalized spacial score (nSPS) is 11.1. The summed E-state index contributed by atoms with van der Waals surface area (Å²) in [4.78, 5) is 16.7. The smallest absolute Gasteiger partial charge is 0.255 e. The van der Waals surface area contributed by atoms with Gasteiger partial charge in [-0.25, -0.2) is 8.42 Å². The largest absolute Gasteiger partial charge is 0.322 e. The maximum atomic E-state index is 12.7. The van der Waals surface area contributed by atoms with E-state index in [9.17, 15) is 13.2 Å². The van der Waals surface area contributed by atoms with E-state index in [1.165, 1.54) is 9.87 Å². The van der Waals surface area contributed by atoms with Gasteiger partial charge in [0, 0.05) is 28.7 Å². The minimum atomic E-state index is -3.51. The van der Waals surface area contributed by atoms with Crippen molar-refractivity contribution in [2.24, 2.45) is 0 Å². The Bertz CT molecular complexity index is 1390. The van der Waals surface area contributed by atoms with Gasteiger partial charge in [-0.15, -0.1) is 0 Å². The van der Waals surface area contributed by atoms with Crippen molar-refractivity contribution in [2.75, 3.05) is 15.9 Å². The van der Waals surface area contributed by atoms with Crippen LogP contribution in [0.25, 0.3) is 0 Å². The second-order valence-electron chi connectivity index (χ2n) is 8.13. The lowest BCUT2D eigenvalue weighted by atomic mass is 10.1. The van der Waals surface area contributed by atoms with Crippen LogP contribution in [0, 0.1) is 0 Å². The number of benzene rings is 3. The van der Waals surface area contributed by atoms with Gasteiger partial charge in [-0.3, -0.25) is 14.1 Å². The molecule has 0 saturated heterocycles. The van der Waals surface area contributed by atoms with Crippen molar-refractivity contribution >= 4 is 38.9 Å². The van der Waals surface area contributed by atoms with E-state index in [2.05, 4.69) is 10.3 Å². The molecule has 3 aromatic carbocycles. The summed E-state index contributed by atoms with van der Waals surface area (Å²) >= 11 is 5.93. The molecule has 0 aliphatic carbocycles. The molecule has 0 atom stereocenters. The number of carbonyl (C=O) groups is 1. The van der Waals surface area contributed by atoms with E-state index in [4.69, 9.17) is 11.6 Å². The molecular formula is C27H24ClN3O3S. The second kappa shape index (κ2) is 10.7. The summed E-state index contributed by atoms with van der Waals surface area (Å²) in [5.41, 5.74) is 4.75. The first-order chi connectivity index (χ1) is 16.8. The molecule has 0 saturated carbocycles. The van der Waals surface area contributed by atoms with Crippen LogP contribution < -0.4 is 9.62 Å². The molecule has 0 bridgehead atoms. The highest BCUT2D eigenvalue weighted by molar-refractivity contribution is 7.92. The maximum absolute atomic E-state index is 12.7. The average molecular weight is 506 g/mol. The number of nitrogens with zero attached hydrogens (tertiary/aromatic N) is 2. The third-order valence-electron chi connectivity index (χ3n) is 5.43. The van der Waals surface area contributed by atoms with Crippen LogP contribution >= 0.6 is 11.6 Å². The molecule has 0 fully saturated rings. The SMILES string of the molecule is CS(=O)(=O)N(Cc1ccc(C(=O)Nc2ccc(Cc3ccncc3)cc2)cc1)c1ccc(Cl)cc1. The summed E-state index contributed by atoms with van der Waals surface area (Å²) in [6.45, 7) is 0.140. The van der Waals surface area contributed by atoms with Crippen LogP contribution in [-0.2, 0) is 23.0 Å². The predicted molar refractivity (Wildman–Crippen MR) is 140 cm³/mol. The van der Waals surface area contributed by atoms with Crippen LogP contribution in [-0.4, -0.2) is 25.6 Å². The molecule has 0 spiro atoms. The minimum absolute atomic E-state index is 0.140. The number of sulfonamides is 1. The zero-order chi connectivity index (χ0) is 24.8. The van der Waals surface area contributed by atoms with Crippen molar-refractivity contribution in [3.8, 4) is 0 Å². The van der Waals surface area contributed by atoms with Gasteiger partial charge in [0.25, 0.3) is 5.91 Å². The Kier molecular flexibility index (Phi) is 7.48. The number of rotatable bonds is 8. The fourth-order valence-corrected chi connectivity index (χ4v) is 4.59. The number of pyridine rings is 1. The summed E-state index contributed by atoms with van der Waals surface area (Å²) in [5.74, 6) is -0.240. The highest BCUT2D eigenvalue weighted by atomic mass is 35.5. The Morgan fingerprint density at radius 1 is 0.829 bits per heavy atom. The number of carbonyl (C=O) groups excluding carboxylic acids is 1. The van der Waals surface area contributed by atoms with Crippen LogP contribution in [0.1, 0.15) is 27.0 Å². The molecule has 0 aliphatic heterocycles. The van der Waals surface area contributed by atoms with Crippen molar-refractivity contribution in [2.45, 2.75) is 13.0 Å². The molecule has 8 heteroatoms. The number of hydrogen-bond acceptors (Lipinski definition) is 4. The Labute approximate surface area is 210 Å². The second-order valence-corrected chi connectivity index (χ2v) is 10.5. The Morgan fingerprint density at radius 2 is 1.40 bits per heavy atom. The van der Waals surface area contributed by atoms with Gasteiger partial charge in [-0.1, -0.05) is 35.9 Å². The molecule has 0 aliphatic rings. The van der Waals surface area contributed by atoms with Gasteiger partial charge < -0.3 is 5.32 Å². The standard InChI is InChI=1S/C27H24ClN3O3S/c1-35(33,34)31(26-12-8-24(28)9-13-26)19-22-2-6-23(7-3-22)27(32)30-25-10-4-20(5-11-25)18-21-14-16-29-17-15-21/h2-17H,18-19H2,1H3,(H,30,32). The van der Waals surface area contributed by atoms with E-state index < -0.39 is 10.0 Å². The Balaban J connectivity index is 1.40. The molecule has 6 nitrogen and oxygen atoms in total. The van der Waals surface area contributed by atoms with Crippen molar-refractivity contribution in [3.05, 3.63) is 125 Å². The maximum Gasteiger partial charge on any atom is 0.255 e. The van der Waals surface area contributed by atoms with Crippen molar-refractivity contribution < 1.29 is 13.2 Å². The van der Waals surface area contributed by atoms with Gasteiger partial charge in [0.15, 0.2) is 0 Å². The van der Waals surface area contributed by atoms with Crippen LogP contribution in [0.5, 0.6) is 0 Å². The quantitative estimate of drug-likeness (QED) is 0.341. The lowest BCUT2D eigenvalue weighted by Gasteiger charge is -2.22. The Morgan fingerprint density at radius 3 is 2.00 bits per heavy atom.